The lowest BCUT2D eigenvalue weighted by Crippen LogP contribution is -2.45. The number of ether oxygens (including phenoxy) is 1. The van der Waals surface area contributed by atoms with Gasteiger partial charge in [0.25, 0.3) is 0 Å². The van der Waals surface area contributed by atoms with E-state index >= 15 is 0 Å². The Morgan fingerprint density at radius 1 is 0.400 bits per heavy atom. The summed E-state index contributed by atoms with van der Waals surface area (Å²) in [7, 11) is 0. The molecule has 0 saturated heterocycles. The first-order valence-corrected chi connectivity index (χ1v) is 31.6. The van der Waals surface area contributed by atoms with Crippen LogP contribution >= 0.6 is 0 Å². The quantitative estimate of drug-likeness (QED) is 0.0321. The first-order chi connectivity index (χ1) is 34.5. The van der Waals surface area contributed by atoms with E-state index in [1.165, 1.54) is 263 Å². The first-order valence-electron chi connectivity index (χ1n) is 31.6. The summed E-state index contributed by atoms with van der Waals surface area (Å²) in [5.74, 6) is -0.0274. The van der Waals surface area contributed by atoms with Crippen LogP contribution in [0.1, 0.15) is 348 Å². The van der Waals surface area contributed by atoms with Crippen molar-refractivity contribution in [3.05, 3.63) is 24.3 Å². The van der Waals surface area contributed by atoms with E-state index < -0.39 is 12.1 Å². The number of amides is 1. The summed E-state index contributed by atoms with van der Waals surface area (Å²) in [5.41, 5.74) is 0. The number of carbonyl (C=O) groups is 2. The van der Waals surface area contributed by atoms with Crippen LogP contribution in [0.4, 0.5) is 0 Å². The molecular formula is C64H123NO5. The number of rotatable bonds is 59. The third kappa shape index (κ3) is 55.7. The van der Waals surface area contributed by atoms with Gasteiger partial charge >= 0.3 is 5.97 Å². The summed E-state index contributed by atoms with van der Waals surface area (Å²) < 4.78 is 5.47. The topological polar surface area (TPSA) is 95.9 Å². The van der Waals surface area contributed by atoms with E-state index in [4.69, 9.17) is 4.74 Å². The van der Waals surface area contributed by atoms with E-state index in [2.05, 4.69) is 43.5 Å². The fourth-order valence-corrected chi connectivity index (χ4v) is 9.92. The number of unbranched alkanes of at least 4 members (excludes halogenated alkanes) is 44. The van der Waals surface area contributed by atoms with E-state index in [9.17, 15) is 19.8 Å². The Bertz CT molecular complexity index is 1090. The van der Waals surface area contributed by atoms with Gasteiger partial charge in [-0.1, -0.05) is 308 Å². The van der Waals surface area contributed by atoms with Gasteiger partial charge in [0.05, 0.1) is 25.4 Å². The van der Waals surface area contributed by atoms with Crippen molar-refractivity contribution in [3.63, 3.8) is 0 Å². The average Bonchev–Trinajstić information content (AvgIpc) is 3.36. The Labute approximate surface area is 437 Å². The fourth-order valence-electron chi connectivity index (χ4n) is 9.92. The van der Waals surface area contributed by atoms with Crippen LogP contribution in [0.25, 0.3) is 0 Å². The molecule has 0 spiro atoms. The smallest absolute Gasteiger partial charge is 0.305 e. The van der Waals surface area contributed by atoms with E-state index in [-0.39, 0.29) is 18.5 Å². The molecule has 0 saturated carbocycles. The third-order valence-electron chi connectivity index (χ3n) is 14.7. The highest BCUT2D eigenvalue weighted by molar-refractivity contribution is 5.76. The van der Waals surface area contributed by atoms with E-state index in [1.807, 2.05) is 0 Å². The average molecular weight is 987 g/mol. The lowest BCUT2D eigenvalue weighted by Gasteiger charge is -2.22. The van der Waals surface area contributed by atoms with Crippen LogP contribution in [0.5, 0.6) is 0 Å². The molecule has 1 amide bonds. The van der Waals surface area contributed by atoms with Crippen molar-refractivity contribution in [3.8, 4) is 0 Å². The van der Waals surface area contributed by atoms with Crippen LogP contribution in [0.15, 0.2) is 24.3 Å². The molecular weight excluding hydrogens is 863 g/mol. The molecule has 0 aliphatic carbocycles. The number of aliphatic hydroxyl groups is 2. The Balaban J connectivity index is 3.33. The predicted molar refractivity (Wildman–Crippen MR) is 306 cm³/mol. The molecule has 0 radical (unpaired) electrons. The molecule has 6 nitrogen and oxygen atoms in total. The highest BCUT2D eigenvalue weighted by atomic mass is 16.5. The SMILES string of the molecule is CCC/C=C\C/C=C\CCCCCCCC(=O)OCCCCCCCCCCCCCCCCCCCCCCCCCCCCCCC(=O)NC(CO)C(O)CCCCCCCCCCCCCC. The standard InChI is InChI=1S/C64H123NO5/c1-3-5-7-9-11-13-15-33-38-42-46-50-54-58-64(69)70-59-55-51-47-43-39-35-32-30-28-26-24-22-20-18-17-19-21-23-25-27-29-31-34-37-41-45-49-53-57-63(68)65-61(60-66)62(67)56-52-48-44-40-36-16-14-12-10-8-6-4-2/h7,9,13,15,61-62,66-67H,3-6,8,10-12,14,16-60H2,1-2H3,(H,65,68)/b9-7-,15-13-. The van der Waals surface area contributed by atoms with E-state index in [1.54, 1.807) is 0 Å². The van der Waals surface area contributed by atoms with Gasteiger partial charge in [0.15, 0.2) is 0 Å². The molecule has 0 heterocycles. The zero-order valence-corrected chi connectivity index (χ0v) is 47.3. The normalized spacial score (nSPS) is 12.7. The summed E-state index contributed by atoms with van der Waals surface area (Å²) in [6, 6.07) is -0.537. The minimum atomic E-state index is -0.660. The van der Waals surface area contributed by atoms with Crippen LogP contribution in [0, 0.1) is 0 Å². The van der Waals surface area contributed by atoms with Crippen molar-refractivity contribution in [1.82, 2.24) is 5.32 Å². The zero-order chi connectivity index (χ0) is 50.7. The zero-order valence-electron chi connectivity index (χ0n) is 47.3. The van der Waals surface area contributed by atoms with Gasteiger partial charge in [0.2, 0.25) is 5.91 Å². The monoisotopic (exact) mass is 986 g/mol. The van der Waals surface area contributed by atoms with Crippen LogP contribution in [-0.2, 0) is 14.3 Å². The number of hydrogen-bond acceptors (Lipinski definition) is 5. The van der Waals surface area contributed by atoms with Gasteiger partial charge in [-0.15, -0.1) is 0 Å². The Morgan fingerprint density at radius 2 is 0.743 bits per heavy atom. The second-order valence-corrected chi connectivity index (χ2v) is 21.7. The summed E-state index contributed by atoms with van der Waals surface area (Å²) in [5, 5.41) is 23.2. The molecule has 414 valence electrons. The molecule has 70 heavy (non-hydrogen) atoms. The molecule has 0 rings (SSSR count). The number of carbonyl (C=O) groups excluding carboxylic acids is 2. The van der Waals surface area contributed by atoms with Crippen LogP contribution in [0.3, 0.4) is 0 Å². The van der Waals surface area contributed by atoms with Crippen molar-refractivity contribution in [1.29, 1.82) is 0 Å². The van der Waals surface area contributed by atoms with Crippen LogP contribution in [0.2, 0.25) is 0 Å². The maximum atomic E-state index is 12.5. The van der Waals surface area contributed by atoms with Crippen molar-refractivity contribution in [2.75, 3.05) is 13.2 Å². The molecule has 0 aromatic heterocycles. The molecule has 2 unspecified atom stereocenters. The van der Waals surface area contributed by atoms with Gasteiger partial charge in [-0.3, -0.25) is 9.59 Å². The van der Waals surface area contributed by atoms with Crippen LogP contribution in [-0.4, -0.2) is 47.4 Å². The Hall–Kier alpha value is -1.66. The molecule has 6 heteroatoms. The first kappa shape index (κ1) is 68.3. The van der Waals surface area contributed by atoms with Gasteiger partial charge in [-0.25, -0.2) is 0 Å². The van der Waals surface area contributed by atoms with Crippen molar-refractivity contribution in [2.45, 2.75) is 360 Å². The summed E-state index contributed by atoms with van der Waals surface area (Å²) in [6.45, 7) is 4.90. The lowest BCUT2D eigenvalue weighted by atomic mass is 10.0. The number of esters is 1. The van der Waals surface area contributed by atoms with Gasteiger partial charge in [-0.05, 0) is 51.4 Å². The molecule has 0 aromatic rings. The van der Waals surface area contributed by atoms with Gasteiger partial charge in [0.1, 0.15) is 0 Å². The Kier molecular flexibility index (Phi) is 58.5. The minimum absolute atomic E-state index is 0.00359. The number of hydrogen-bond donors (Lipinski definition) is 3. The number of allylic oxidation sites excluding steroid dienone is 4. The highest BCUT2D eigenvalue weighted by Gasteiger charge is 2.20. The molecule has 0 aliphatic rings. The second kappa shape index (κ2) is 59.9. The van der Waals surface area contributed by atoms with E-state index in [0.717, 1.165) is 51.4 Å². The minimum Gasteiger partial charge on any atom is -0.466 e. The molecule has 0 aliphatic heterocycles. The Morgan fingerprint density at radius 3 is 1.14 bits per heavy atom. The van der Waals surface area contributed by atoms with Crippen molar-refractivity contribution >= 4 is 11.9 Å². The van der Waals surface area contributed by atoms with Gasteiger partial charge in [0, 0.05) is 12.8 Å². The summed E-state index contributed by atoms with van der Waals surface area (Å²) in [6.07, 6.45) is 73.5. The third-order valence-corrected chi connectivity index (χ3v) is 14.7. The maximum absolute atomic E-state index is 12.5. The summed E-state index contributed by atoms with van der Waals surface area (Å²) in [4.78, 5) is 24.5. The summed E-state index contributed by atoms with van der Waals surface area (Å²) >= 11 is 0. The molecule has 2 atom stereocenters. The second-order valence-electron chi connectivity index (χ2n) is 21.7. The molecule has 3 N–H and O–H groups in total. The lowest BCUT2D eigenvalue weighted by molar-refractivity contribution is -0.143. The number of nitrogens with one attached hydrogen (secondary N) is 1. The predicted octanol–water partition coefficient (Wildman–Crippen LogP) is 19.8. The molecule has 0 fully saturated rings. The fraction of sp³-hybridized carbons (Fsp3) is 0.906. The van der Waals surface area contributed by atoms with Crippen LogP contribution < -0.4 is 5.32 Å². The largest absolute Gasteiger partial charge is 0.466 e. The van der Waals surface area contributed by atoms with Gasteiger partial charge in [-0.2, -0.15) is 0 Å². The van der Waals surface area contributed by atoms with E-state index in [0.29, 0.717) is 25.9 Å². The van der Waals surface area contributed by atoms with Gasteiger partial charge < -0.3 is 20.3 Å². The van der Waals surface area contributed by atoms with Crippen molar-refractivity contribution in [2.24, 2.45) is 0 Å². The molecule has 0 aromatic carbocycles. The maximum Gasteiger partial charge on any atom is 0.305 e. The molecule has 0 bridgehead atoms. The van der Waals surface area contributed by atoms with Crippen molar-refractivity contribution < 1.29 is 24.5 Å². The number of aliphatic hydroxyl groups excluding tert-OH is 2. The highest BCUT2D eigenvalue weighted by Crippen LogP contribution is 2.18.